The van der Waals surface area contributed by atoms with E-state index in [4.69, 9.17) is 4.74 Å². The topological polar surface area (TPSA) is 49.8 Å². The van der Waals surface area contributed by atoms with Gasteiger partial charge in [0.2, 0.25) is 0 Å². The van der Waals surface area contributed by atoms with Crippen molar-refractivity contribution in [2.45, 2.75) is 80.1 Å². The van der Waals surface area contributed by atoms with E-state index in [9.17, 15) is 9.32 Å². The van der Waals surface area contributed by atoms with E-state index >= 15 is 0 Å². The largest absolute Gasteiger partial charge is 0.367 e. The zero-order valence-corrected chi connectivity index (χ0v) is 18.8. The quantitative estimate of drug-likeness (QED) is 0.483. The van der Waals surface area contributed by atoms with Gasteiger partial charge in [-0.1, -0.05) is 52.9 Å². The van der Waals surface area contributed by atoms with E-state index in [0.29, 0.717) is 12.5 Å². The van der Waals surface area contributed by atoms with Crippen LogP contribution in [0, 0.1) is 5.92 Å². The predicted octanol–water partition coefficient (Wildman–Crippen LogP) is 4.03. The molecule has 1 aliphatic carbocycles. The first-order valence-electron chi connectivity index (χ1n) is 9.47. The van der Waals surface area contributed by atoms with Crippen molar-refractivity contribution in [1.82, 2.24) is 4.31 Å². The monoisotopic (exact) mass is 491 g/mol. The molecule has 2 fully saturated rings. The van der Waals surface area contributed by atoms with Gasteiger partial charge in [-0.25, -0.2) is 8.51 Å². The fourth-order valence-electron chi connectivity index (χ4n) is 3.60. The second-order valence-electron chi connectivity index (χ2n) is 8.41. The summed E-state index contributed by atoms with van der Waals surface area (Å²) in [4.78, 5) is 0. The number of halogens is 1. The molecule has 0 amide bonds. The molecule has 5 atom stereocenters. The molecule has 6 heteroatoms. The van der Waals surface area contributed by atoms with Gasteiger partial charge in [-0.05, 0) is 57.9 Å². The molecule has 3 rings (SSSR count). The summed E-state index contributed by atoms with van der Waals surface area (Å²) in [7, 11) is -1.14. The summed E-state index contributed by atoms with van der Waals surface area (Å²) in [6, 6.07) is 10.3. The standard InChI is InChI=1S/C20H30INO3S/c1-20(2,3)26(24)22(13-14-7-5-4-6-8-14)18(15-9-10-15)17-12-11-16(21)19(23)25-17/h4-8,15-19,23H,9-13H2,1-3H3/t16?,17-,18?,19?,26?/m0/s1. The molecule has 1 aromatic rings. The van der Waals surface area contributed by atoms with Gasteiger partial charge in [0.15, 0.2) is 6.29 Å². The fourth-order valence-corrected chi connectivity index (χ4v) is 5.63. The average Bonchev–Trinajstić information content (AvgIpc) is 3.42. The van der Waals surface area contributed by atoms with Crippen LogP contribution in [0.1, 0.15) is 52.0 Å². The Hall–Kier alpha value is -0.0200. The number of nitrogens with zero attached hydrogens (tertiary/aromatic N) is 1. The van der Waals surface area contributed by atoms with Crippen molar-refractivity contribution >= 4 is 33.6 Å². The fraction of sp³-hybridized carbons (Fsp3) is 0.700. The van der Waals surface area contributed by atoms with E-state index in [-0.39, 0.29) is 20.8 Å². The predicted molar refractivity (Wildman–Crippen MR) is 114 cm³/mol. The smallest absolute Gasteiger partial charge is 0.166 e. The second-order valence-corrected chi connectivity index (χ2v) is 12.2. The number of ether oxygens (including phenoxy) is 1. The van der Waals surface area contributed by atoms with Crippen LogP contribution in [0.5, 0.6) is 0 Å². The van der Waals surface area contributed by atoms with Crippen LogP contribution in [0.2, 0.25) is 0 Å². The summed E-state index contributed by atoms with van der Waals surface area (Å²) in [5.74, 6) is 0.507. The van der Waals surface area contributed by atoms with Crippen LogP contribution in [0.3, 0.4) is 0 Å². The van der Waals surface area contributed by atoms with Gasteiger partial charge in [-0.15, -0.1) is 0 Å². The lowest BCUT2D eigenvalue weighted by molar-refractivity contribution is -0.171. The number of benzene rings is 1. The summed E-state index contributed by atoms with van der Waals surface area (Å²) in [6.45, 7) is 6.74. The van der Waals surface area contributed by atoms with Crippen molar-refractivity contribution in [3.8, 4) is 0 Å². The molecule has 0 spiro atoms. The van der Waals surface area contributed by atoms with E-state index < -0.39 is 17.3 Å². The molecule has 1 aliphatic heterocycles. The third-order valence-electron chi connectivity index (χ3n) is 5.09. The minimum absolute atomic E-state index is 0.0569. The second kappa shape index (κ2) is 8.55. The summed E-state index contributed by atoms with van der Waals surface area (Å²) >= 11 is 2.26. The van der Waals surface area contributed by atoms with E-state index in [1.165, 1.54) is 5.56 Å². The van der Waals surface area contributed by atoms with Crippen LogP contribution in [-0.2, 0) is 22.3 Å². The highest BCUT2D eigenvalue weighted by molar-refractivity contribution is 14.1. The molecular weight excluding hydrogens is 461 g/mol. The van der Waals surface area contributed by atoms with Gasteiger partial charge in [0.25, 0.3) is 0 Å². The van der Waals surface area contributed by atoms with Crippen LogP contribution in [0.15, 0.2) is 30.3 Å². The molecule has 2 aliphatic rings. The molecule has 4 nitrogen and oxygen atoms in total. The Morgan fingerprint density at radius 3 is 2.42 bits per heavy atom. The van der Waals surface area contributed by atoms with Crippen molar-refractivity contribution in [3.63, 3.8) is 0 Å². The summed E-state index contributed by atoms with van der Waals surface area (Å²) in [6.07, 6.45) is 3.38. The number of hydrogen-bond acceptors (Lipinski definition) is 3. The summed E-state index contributed by atoms with van der Waals surface area (Å²) < 4.78 is 21.4. The minimum atomic E-state index is -1.14. The van der Waals surface area contributed by atoms with Crippen molar-refractivity contribution in [2.24, 2.45) is 5.92 Å². The Morgan fingerprint density at radius 2 is 1.88 bits per heavy atom. The summed E-state index contributed by atoms with van der Waals surface area (Å²) in [5.41, 5.74) is 1.17. The first kappa shape index (κ1) is 20.7. The highest BCUT2D eigenvalue weighted by Crippen LogP contribution is 2.42. The lowest BCUT2D eigenvalue weighted by Crippen LogP contribution is -2.53. The zero-order chi connectivity index (χ0) is 18.9. The molecule has 4 unspecified atom stereocenters. The van der Waals surface area contributed by atoms with Gasteiger partial charge in [-0.2, -0.15) is 0 Å². The maximum absolute atomic E-state index is 13.4. The Balaban J connectivity index is 1.88. The Kier molecular flexibility index (Phi) is 6.81. The lowest BCUT2D eigenvalue weighted by Gasteiger charge is -2.42. The highest BCUT2D eigenvalue weighted by Gasteiger charge is 2.46. The van der Waals surface area contributed by atoms with Crippen molar-refractivity contribution in [2.75, 3.05) is 0 Å². The average molecular weight is 491 g/mol. The van der Waals surface area contributed by atoms with Crippen molar-refractivity contribution < 1.29 is 14.1 Å². The first-order chi connectivity index (χ1) is 12.3. The van der Waals surface area contributed by atoms with Crippen LogP contribution >= 0.6 is 22.6 Å². The number of hydrogen-bond donors (Lipinski definition) is 1. The first-order valence-corrected chi connectivity index (χ1v) is 11.8. The molecule has 1 heterocycles. The molecule has 0 radical (unpaired) electrons. The van der Waals surface area contributed by atoms with Crippen molar-refractivity contribution in [3.05, 3.63) is 35.9 Å². The summed E-state index contributed by atoms with van der Waals surface area (Å²) in [5, 5.41) is 10.2. The molecule has 1 aromatic carbocycles. The minimum Gasteiger partial charge on any atom is -0.367 e. The van der Waals surface area contributed by atoms with Gasteiger partial charge in [-0.3, -0.25) is 0 Å². The molecule has 1 saturated carbocycles. The van der Waals surface area contributed by atoms with Gasteiger partial charge in [0.1, 0.15) is 11.0 Å². The normalized spacial score (nSPS) is 29.5. The number of aliphatic hydroxyl groups is 1. The zero-order valence-electron chi connectivity index (χ0n) is 15.8. The van der Waals surface area contributed by atoms with E-state index in [0.717, 1.165) is 25.7 Å². The molecule has 1 saturated heterocycles. The Bertz CT molecular complexity index is 617. The molecule has 146 valence electrons. The Labute approximate surface area is 173 Å². The van der Waals surface area contributed by atoms with Crippen LogP contribution < -0.4 is 0 Å². The Morgan fingerprint density at radius 1 is 1.23 bits per heavy atom. The van der Waals surface area contributed by atoms with Crippen LogP contribution in [-0.4, -0.2) is 40.7 Å². The SMILES string of the molecule is CC(C)(C)S(=O)N(Cc1ccccc1)C(C1CC1)[C@@H]1CCC(I)C(O)O1. The highest BCUT2D eigenvalue weighted by atomic mass is 127. The van der Waals surface area contributed by atoms with Crippen molar-refractivity contribution in [1.29, 1.82) is 0 Å². The van der Waals surface area contributed by atoms with Gasteiger partial charge in [0, 0.05) is 6.54 Å². The maximum Gasteiger partial charge on any atom is 0.166 e. The number of aliphatic hydroxyl groups excluding tert-OH is 1. The van der Waals surface area contributed by atoms with Gasteiger partial charge >= 0.3 is 0 Å². The third kappa shape index (κ3) is 5.07. The third-order valence-corrected chi connectivity index (χ3v) is 8.17. The van der Waals surface area contributed by atoms with Gasteiger partial charge in [0.05, 0.1) is 20.8 Å². The van der Waals surface area contributed by atoms with E-state index in [1.54, 1.807) is 0 Å². The molecular formula is C20H30INO3S. The molecule has 1 N–H and O–H groups in total. The van der Waals surface area contributed by atoms with Crippen LogP contribution in [0.4, 0.5) is 0 Å². The van der Waals surface area contributed by atoms with Crippen LogP contribution in [0.25, 0.3) is 0 Å². The number of rotatable bonds is 6. The van der Waals surface area contributed by atoms with Gasteiger partial charge < -0.3 is 9.84 Å². The molecule has 0 bridgehead atoms. The van der Waals surface area contributed by atoms with E-state index in [1.807, 2.05) is 39.0 Å². The molecule has 26 heavy (non-hydrogen) atoms. The molecule has 0 aromatic heterocycles. The maximum atomic E-state index is 13.4. The number of alkyl halides is 1. The lowest BCUT2D eigenvalue weighted by atomic mass is 9.97. The van der Waals surface area contributed by atoms with E-state index in [2.05, 4.69) is 39.0 Å².